The topological polar surface area (TPSA) is 26.7 Å². The van der Waals surface area contributed by atoms with E-state index in [0.717, 1.165) is 29.7 Å². The Morgan fingerprint density at radius 3 is 2.89 bits per heavy atom. The molecule has 0 amide bonds. The van der Waals surface area contributed by atoms with Gasteiger partial charge in [-0.3, -0.25) is 0 Å². The van der Waals surface area contributed by atoms with Gasteiger partial charge in [-0.15, -0.1) is 0 Å². The molecule has 1 aliphatic heterocycles. The molecular formula is C14H21BrN2O. The molecule has 0 bridgehead atoms. The number of hydrogen-bond donors (Lipinski definition) is 1. The van der Waals surface area contributed by atoms with E-state index < -0.39 is 0 Å². The van der Waals surface area contributed by atoms with Crippen LogP contribution in [0.1, 0.15) is 18.9 Å². The zero-order valence-electron chi connectivity index (χ0n) is 11.1. The molecule has 0 saturated carbocycles. The fraction of sp³-hybridized carbons (Fsp3) is 0.571. The van der Waals surface area contributed by atoms with Gasteiger partial charge in [0.2, 0.25) is 0 Å². The molecule has 100 valence electrons. The molecule has 1 atom stereocenters. The summed E-state index contributed by atoms with van der Waals surface area (Å²) in [5.74, 6) is 0. The fourth-order valence-corrected chi connectivity index (χ4v) is 3.10. The van der Waals surface area contributed by atoms with Crippen LogP contribution >= 0.6 is 15.9 Å². The van der Waals surface area contributed by atoms with Gasteiger partial charge < -0.3 is 14.9 Å². The van der Waals surface area contributed by atoms with E-state index in [1.165, 1.54) is 12.1 Å². The van der Waals surface area contributed by atoms with Crippen molar-refractivity contribution in [3.05, 3.63) is 28.2 Å². The van der Waals surface area contributed by atoms with E-state index >= 15 is 0 Å². The van der Waals surface area contributed by atoms with E-state index in [1.807, 2.05) is 6.07 Å². The van der Waals surface area contributed by atoms with Crippen molar-refractivity contribution >= 4 is 21.6 Å². The largest absolute Gasteiger partial charge is 0.392 e. The summed E-state index contributed by atoms with van der Waals surface area (Å²) in [5.41, 5.74) is 2.17. The lowest BCUT2D eigenvalue weighted by molar-refractivity contribution is 0.281. The van der Waals surface area contributed by atoms with Crippen molar-refractivity contribution in [1.82, 2.24) is 4.90 Å². The molecule has 1 fully saturated rings. The fourth-order valence-electron chi connectivity index (χ4n) is 2.69. The number of benzene rings is 1. The van der Waals surface area contributed by atoms with Gasteiger partial charge in [0.15, 0.2) is 0 Å². The Morgan fingerprint density at radius 2 is 2.17 bits per heavy atom. The highest BCUT2D eigenvalue weighted by atomic mass is 79.9. The van der Waals surface area contributed by atoms with Crippen LogP contribution in [0, 0.1) is 0 Å². The second-order valence-electron chi connectivity index (χ2n) is 5.09. The smallest absolute Gasteiger partial charge is 0.0702 e. The van der Waals surface area contributed by atoms with Gasteiger partial charge >= 0.3 is 0 Å². The Morgan fingerprint density at radius 1 is 1.39 bits per heavy atom. The molecule has 1 unspecified atom stereocenters. The predicted molar refractivity (Wildman–Crippen MR) is 79.0 cm³/mol. The SMILES string of the molecule is CC1CN(C)CCCN1c1ccc(Br)cc1CO. The second kappa shape index (κ2) is 6.04. The number of rotatable bonds is 2. The zero-order chi connectivity index (χ0) is 13.1. The van der Waals surface area contributed by atoms with Gasteiger partial charge in [0, 0.05) is 34.9 Å². The van der Waals surface area contributed by atoms with E-state index in [0.29, 0.717) is 6.04 Å². The van der Waals surface area contributed by atoms with Crippen molar-refractivity contribution in [3.8, 4) is 0 Å². The molecule has 0 spiro atoms. The number of nitrogens with zero attached hydrogens (tertiary/aromatic N) is 2. The van der Waals surface area contributed by atoms with Crippen LogP contribution in [0.5, 0.6) is 0 Å². The Bertz CT molecular complexity index is 411. The maximum Gasteiger partial charge on any atom is 0.0702 e. The van der Waals surface area contributed by atoms with Gasteiger partial charge in [-0.2, -0.15) is 0 Å². The molecule has 1 heterocycles. The minimum atomic E-state index is 0.0911. The lowest BCUT2D eigenvalue weighted by Crippen LogP contribution is -2.38. The van der Waals surface area contributed by atoms with E-state index in [9.17, 15) is 5.11 Å². The van der Waals surface area contributed by atoms with E-state index in [-0.39, 0.29) is 6.61 Å². The third kappa shape index (κ3) is 3.05. The van der Waals surface area contributed by atoms with Crippen LogP contribution in [0.15, 0.2) is 22.7 Å². The van der Waals surface area contributed by atoms with Crippen LogP contribution in [0.2, 0.25) is 0 Å². The zero-order valence-corrected chi connectivity index (χ0v) is 12.7. The average Bonchev–Trinajstić information content (AvgIpc) is 2.50. The average molecular weight is 313 g/mol. The summed E-state index contributed by atoms with van der Waals surface area (Å²) in [6, 6.07) is 6.65. The first-order valence-electron chi connectivity index (χ1n) is 6.46. The van der Waals surface area contributed by atoms with Crippen molar-refractivity contribution in [2.24, 2.45) is 0 Å². The number of halogens is 1. The summed E-state index contributed by atoms with van der Waals surface area (Å²) in [7, 11) is 2.18. The van der Waals surface area contributed by atoms with Gasteiger partial charge in [0.25, 0.3) is 0 Å². The first-order chi connectivity index (χ1) is 8.61. The summed E-state index contributed by atoms with van der Waals surface area (Å²) in [6.45, 7) is 5.62. The van der Waals surface area contributed by atoms with Gasteiger partial charge in [-0.05, 0) is 45.1 Å². The third-order valence-electron chi connectivity index (χ3n) is 3.57. The number of anilines is 1. The highest BCUT2D eigenvalue weighted by Crippen LogP contribution is 2.27. The van der Waals surface area contributed by atoms with Crippen LogP contribution in [-0.2, 0) is 6.61 Å². The molecule has 1 aromatic rings. The summed E-state index contributed by atoms with van der Waals surface area (Å²) < 4.78 is 1.02. The normalized spacial score (nSPS) is 22.0. The van der Waals surface area contributed by atoms with Gasteiger partial charge in [0.05, 0.1) is 6.61 Å². The van der Waals surface area contributed by atoms with Gasteiger partial charge in [-0.25, -0.2) is 0 Å². The van der Waals surface area contributed by atoms with Crippen LogP contribution in [0.25, 0.3) is 0 Å². The molecule has 1 N–H and O–H groups in total. The van der Waals surface area contributed by atoms with Crippen LogP contribution < -0.4 is 4.90 Å². The standard InChI is InChI=1S/C14H21BrN2O/c1-11-9-16(2)6-3-7-17(11)14-5-4-13(15)8-12(14)10-18/h4-5,8,11,18H,3,6-7,9-10H2,1-2H3. The van der Waals surface area contributed by atoms with Crippen LogP contribution in [0.3, 0.4) is 0 Å². The van der Waals surface area contributed by atoms with Crippen molar-refractivity contribution in [1.29, 1.82) is 0 Å². The van der Waals surface area contributed by atoms with Crippen LogP contribution in [-0.4, -0.2) is 42.7 Å². The van der Waals surface area contributed by atoms with Gasteiger partial charge in [-0.1, -0.05) is 15.9 Å². The highest BCUT2D eigenvalue weighted by Gasteiger charge is 2.21. The summed E-state index contributed by atoms with van der Waals surface area (Å²) in [5, 5.41) is 9.52. The Hall–Kier alpha value is -0.580. The quantitative estimate of drug-likeness (QED) is 0.909. The van der Waals surface area contributed by atoms with Crippen molar-refractivity contribution in [2.45, 2.75) is 26.0 Å². The highest BCUT2D eigenvalue weighted by molar-refractivity contribution is 9.10. The number of hydrogen-bond acceptors (Lipinski definition) is 3. The number of aliphatic hydroxyl groups is 1. The molecule has 3 nitrogen and oxygen atoms in total. The Kier molecular flexibility index (Phi) is 4.65. The van der Waals surface area contributed by atoms with E-state index in [4.69, 9.17) is 0 Å². The maximum absolute atomic E-state index is 9.52. The molecule has 1 aromatic carbocycles. The maximum atomic E-state index is 9.52. The molecule has 0 aliphatic carbocycles. The predicted octanol–water partition coefficient (Wildman–Crippen LogP) is 2.47. The monoisotopic (exact) mass is 312 g/mol. The molecule has 18 heavy (non-hydrogen) atoms. The molecule has 0 radical (unpaired) electrons. The van der Waals surface area contributed by atoms with E-state index in [1.54, 1.807) is 0 Å². The minimum Gasteiger partial charge on any atom is -0.392 e. The van der Waals surface area contributed by atoms with Crippen molar-refractivity contribution in [3.63, 3.8) is 0 Å². The molecule has 1 aliphatic rings. The molecule has 0 aromatic heterocycles. The number of likely N-dealkylation sites (N-methyl/N-ethyl adjacent to an activating group) is 1. The number of aliphatic hydroxyl groups excluding tert-OH is 1. The van der Waals surface area contributed by atoms with Gasteiger partial charge in [0.1, 0.15) is 0 Å². The molecule has 2 rings (SSSR count). The van der Waals surface area contributed by atoms with E-state index in [2.05, 4.69) is 51.8 Å². The summed E-state index contributed by atoms with van der Waals surface area (Å²) in [6.07, 6.45) is 1.17. The molecular weight excluding hydrogens is 292 g/mol. The molecule has 1 saturated heterocycles. The first-order valence-corrected chi connectivity index (χ1v) is 7.25. The second-order valence-corrected chi connectivity index (χ2v) is 6.01. The van der Waals surface area contributed by atoms with Crippen molar-refractivity contribution < 1.29 is 5.11 Å². The summed E-state index contributed by atoms with van der Waals surface area (Å²) >= 11 is 3.46. The Labute approximate surface area is 118 Å². The molecule has 4 heteroatoms. The first kappa shape index (κ1) is 13.8. The lowest BCUT2D eigenvalue weighted by atomic mass is 10.1. The summed E-state index contributed by atoms with van der Waals surface area (Å²) in [4.78, 5) is 4.80. The van der Waals surface area contributed by atoms with Crippen LogP contribution in [0.4, 0.5) is 5.69 Å². The van der Waals surface area contributed by atoms with Crippen molar-refractivity contribution in [2.75, 3.05) is 31.6 Å². The third-order valence-corrected chi connectivity index (χ3v) is 4.06. The minimum absolute atomic E-state index is 0.0911. The lowest BCUT2D eigenvalue weighted by Gasteiger charge is -2.31. The Balaban J connectivity index is 2.29.